The molecule has 42 heavy (non-hydrogen) atoms. The Labute approximate surface area is 246 Å². The zero-order chi connectivity index (χ0) is 29.7. The third-order valence-corrected chi connectivity index (χ3v) is 7.79. The standard InChI is InChI=1S/C33H34N2O6S/c1-23-31(34-42(2,38)39)12-7-13-32(23)35(20-24-8-4-3-5-9-24)21-25-14-16-27(17-15-25)41-29-11-6-10-28(19-29)40-22-26-18-30(26)33(36)37/h3-17,19,26,30,34H,18,20-22H2,1-2H3,(H,36,37). The summed E-state index contributed by atoms with van der Waals surface area (Å²) in [5, 5.41) is 9.08. The van der Waals surface area contributed by atoms with Crippen molar-refractivity contribution >= 4 is 27.4 Å². The molecule has 4 aromatic rings. The second kappa shape index (κ2) is 12.6. The highest BCUT2D eigenvalue weighted by atomic mass is 32.2. The molecule has 9 heteroatoms. The zero-order valence-corrected chi connectivity index (χ0v) is 24.4. The molecule has 1 aliphatic rings. The fourth-order valence-electron chi connectivity index (χ4n) is 4.89. The molecule has 1 fully saturated rings. The van der Waals surface area contributed by atoms with Crippen molar-refractivity contribution in [1.29, 1.82) is 0 Å². The van der Waals surface area contributed by atoms with Crippen molar-refractivity contribution in [2.24, 2.45) is 11.8 Å². The summed E-state index contributed by atoms with van der Waals surface area (Å²) in [6, 6.07) is 31.0. The van der Waals surface area contributed by atoms with Crippen molar-refractivity contribution in [3.63, 3.8) is 0 Å². The fourth-order valence-corrected chi connectivity index (χ4v) is 5.51. The van der Waals surface area contributed by atoms with Gasteiger partial charge in [0.25, 0.3) is 0 Å². The third kappa shape index (κ3) is 7.82. The second-order valence-electron chi connectivity index (χ2n) is 10.6. The van der Waals surface area contributed by atoms with E-state index >= 15 is 0 Å². The molecule has 0 amide bonds. The van der Waals surface area contributed by atoms with Gasteiger partial charge in [-0.25, -0.2) is 8.42 Å². The summed E-state index contributed by atoms with van der Waals surface area (Å²) < 4.78 is 38.4. The van der Waals surface area contributed by atoms with Crippen molar-refractivity contribution in [2.75, 3.05) is 22.5 Å². The van der Waals surface area contributed by atoms with Crippen LogP contribution in [0.5, 0.6) is 17.2 Å². The lowest BCUT2D eigenvalue weighted by Gasteiger charge is -2.28. The maximum atomic E-state index is 11.9. The van der Waals surface area contributed by atoms with Crippen LogP contribution in [-0.4, -0.2) is 32.4 Å². The number of nitrogens with zero attached hydrogens (tertiary/aromatic N) is 1. The van der Waals surface area contributed by atoms with Crippen LogP contribution in [0.25, 0.3) is 0 Å². The summed E-state index contributed by atoms with van der Waals surface area (Å²) >= 11 is 0. The Morgan fingerprint density at radius 2 is 1.55 bits per heavy atom. The summed E-state index contributed by atoms with van der Waals surface area (Å²) in [5.74, 6) is 0.933. The van der Waals surface area contributed by atoms with Crippen LogP contribution in [0.1, 0.15) is 23.1 Å². The van der Waals surface area contributed by atoms with E-state index in [1.165, 1.54) is 0 Å². The topological polar surface area (TPSA) is 105 Å². The van der Waals surface area contributed by atoms with Crippen molar-refractivity contribution in [3.8, 4) is 17.2 Å². The number of ether oxygens (including phenoxy) is 2. The van der Waals surface area contributed by atoms with E-state index in [9.17, 15) is 13.2 Å². The Hall–Kier alpha value is -4.50. The zero-order valence-electron chi connectivity index (χ0n) is 23.6. The van der Waals surface area contributed by atoms with Crippen LogP contribution in [0, 0.1) is 18.8 Å². The number of hydrogen-bond acceptors (Lipinski definition) is 6. The molecule has 218 valence electrons. The average Bonchev–Trinajstić information content (AvgIpc) is 3.74. The van der Waals surface area contributed by atoms with E-state index in [2.05, 4.69) is 21.8 Å². The van der Waals surface area contributed by atoms with E-state index < -0.39 is 16.0 Å². The highest BCUT2D eigenvalue weighted by molar-refractivity contribution is 7.92. The summed E-state index contributed by atoms with van der Waals surface area (Å²) in [4.78, 5) is 13.3. The molecule has 1 saturated carbocycles. The largest absolute Gasteiger partial charge is 0.493 e. The van der Waals surface area contributed by atoms with Gasteiger partial charge in [-0.3, -0.25) is 9.52 Å². The van der Waals surface area contributed by atoms with E-state index in [1.807, 2.05) is 79.7 Å². The van der Waals surface area contributed by atoms with Crippen LogP contribution >= 0.6 is 0 Å². The first kappa shape index (κ1) is 29.0. The van der Waals surface area contributed by atoms with Crippen molar-refractivity contribution in [3.05, 3.63) is 114 Å². The Balaban J connectivity index is 1.29. The number of carboxylic acid groups (broad SMARTS) is 1. The van der Waals surface area contributed by atoms with Gasteiger partial charge in [-0.15, -0.1) is 0 Å². The molecule has 0 radical (unpaired) electrons. The fraction of sp³-hybridized carbons (Fsp3) is 0.242. The van der Waals surface area contributed by atoms with E-state index in [4.69, 9.17) is 14.6 Å². The molecule has 0 aromatic heterocycles. The molecule has 1 aliphatic carbocycles. The first-order chi connectivity index (χ1) is 20.1. The Morgan fingerprint density at radius 3 is 2.21 bits per heavy atom. The Bertz CT molecular complexity index is 1640. The molecule has 0 aliphatic heterocycles. The predicted octanol–water partition coefficient (Wildman–Crippen LogP) is 6.47. The molecule has 0 bridgehead atoms. The first-order valence-electron chi connectivity index (χ1n) is 13.7. The minimum Gasteiger partial charge on any atom is -0.493 e. The maximum Gasteiger partial charge on any atom is 0.306 e. The number of nitrogens with one attached hydrogen (secondary N) is 1. The van der Waals surface area contributed by atoms with Gasteiger partial charge in [0, 0.05) is 30.8 Å². The SMILES string of the molecule is Cc1c(NS(C)(=O)=O)cccc1N(Cc1ccccc1)Cc1ccc(Oc2cccc(OCC3CC3C(=O)O)c2)cc1. The van der Waals surface area contributed by atoms with Crippen LogP contribution in [-0.2, 0) is 27.9 Å². The van der Waals surface area contributed by atoms with Gasteiger partial charge in [0.15, 0.2) is 0 Å². The molecular formula is C33H34N2O6S. The molecule has 2 atom stereocenters. The summed E-state index contributed by atoms with van der Waals surface area (Å²) in [6.07, 6.45) is 1.81. The van der Waals surface area contributed by atoms with Crippen LogP contribution in [0.3, 0.4) is 0 Å². The molecule has 2 unspecified atom stereocenters. The van der Waals surface area contributed by atoms with Gasteiger partial charge in [-0.2, -0.15) is 0 Å². The lowest BCUT2D eigenvalue weighted by molar-refractivity contribution is -0.138. The minimum absolute atomic E-state index is 0.0586. The third-order valence-electron chi connectivity index (χ3n) is 7.20. The number of rotatable bonds is 13. The molecular weight excluding hydrogens is 552 g/mol. The number of aliphatic carboxylic acids is 1. The quantitative estimate of drug-likeness (QED) is 0.185. The number of carbonyl (C=O) groups is 1. The second-order valence-corrected chi connectivity index (χ2v) is 12.4. The summed E-state index contributed by atoms with van der Waals surface area (Å²) in [7, 11) is -3.41. The van der Waals surface area contributed by atoms with Crippen molar-refractivity contribution < 1.29 is 27.8 Å². The smallest absolute Gasteiger partial charge is 0.306 e. The van der Waals surface area contributed by atoms with E-state index in [-0.39, 0.29) is 11.8 Å². The molecule has 0 spiro atoms. The Kier molecular flexibility index (Phi) is 8.68. The number of sulfonamides is 1. The number of hydrogen-bond donors (Lipinski definition) is 2. The van der Waals surface area contributed by atoms with E-state index in [0.29, 0.717) is 49.1 Å². The van der Waals surface area contributed by atoms with E-state index in [1.54, 1.807) is 12.1 Å². The lowest BCUT2D eigenvalue weighted by Crippen LogP contribution is -2.23. The van der Waals surface area contributed by atoms with Gasteiger partial charge in [-0.05, 0) is 66.4 Å². The number of anilines is 2. The lowest BCUT2D eigenvalue weighted by atomic mass is 10.1. The molecule has 0 heterocycles. The van der Waals surface area contributed by atoms with Crippen molar-refractivity contribution in [2.45, 2.75) is 26.4 Å². The van der Waals surface area contributed by atoms with Gasteiger partial charge in [0.1, 0.15) is 17.2 Å². The summed E-state index contributed by atoms with van der Waals surface area (Å²) in [5.41, 5.74) is 4.54. The average molecular weight is 587 g/mol. The number of carboxylic acids is 1. The molecule has 0 saturated heterocycles. The highest BCUT2D eigenvalue weighted by Gasteiger charge is 2.43. The van der Waals surface area contributed by atoms with Gasteiger partial charge >= 0.3 is 5.97 Å². The molecule has 5 rings (SSSR count). The van der Waals surface area contributed by atoms with Gasteiger partial charge in [0.2, 0.25) is 10.0 Å². The van der Waals surface area contributed by atoms with Crippen molar-refractivity contribution in [1.82, 2.24) is 0 Å². The molecule has 2 N–H and O–H groups in total. The molecule has 8 nitrogen and oxygen atoms in total. The molecule has 4 aromatic carbocycles. The van der Waals surface area contributed by atoms with Crippen LogP contribution in [0.4, 0.5) is 11.4 Å². The van der Waals surface area contributed by atoms with E-state index in [0.717, 1.165) is 28.6 Å². The first-order valence-corrected chi connectivity index (χ1v) is 15.6. The monoisotopic (exact) mass is 586 g/mol. The van der Waals surface area contributed by atoms with Gasteiger partial charge in [0.05, 0.1) is 24.5 Å². The van der Waals surface area contributed by atoms with Crippen LogP contribution < -0.4 is 19.1 Å². The summed E-state index contributed by atoms with van der Waals surface area (Å²) in [6.45, 7) is 3.54. The highest BCUT2D eigenvalue weighted by Crippen LogP contribution is 2.39. The van der Waals surface area contributed by atoms with Crippen LogP contribution in [0.15, 0.2) is 97.1 Å². The normalized spacial score (nSPS) is 16.0. The predicted molar refractivity (Wildman–Crippen MR) is 164 cm³/mol. The minimum atomic E-state index is -3.41. The van der Waals surface area contributed by atoms with Gasteiger partial charge in [-0.1, -0.05) is 54.6 Å². The van der Waals surface area contributed by atoms with Gasteiger partial charge < -0.3 is 19.5 Å². The Morgan fingerprint density at radius 1 is 0.881 bits per heavy atom. The maximum absolute atomic E-state index is 11.9. The number of benzene rings is 4. The van der Waals surface area contributed by atoms with Crippen LogP contribution in [0.2, 0.25) is 0 Å².